The van der Waals surface area contributed by atoms with Crippen LogP contribution in [0.15, 0.2) is 109 Å². The lowest BCUT2D eigenvalue weighted by Crippen LogP contribution is -2.06. The van der Waals surface area contributed by atoms with E-state index in [9.17, 15) is 14.7 Å². The van der Waals surface area contributed by atoms with E-state index in [2.05, 4.69) is 58.2 Å². The molecule has 5 aromatic rings. The van der Waals surface area contributed by atoms with Crippen LogP contribution in [-0.2, 0) is 11.2 Å². The van der Waals surface area contributed by atoms with Gasteiger partial charge >= 0.3 is 11.9 Å². The van der Waals surface area contributed by atoms with Crippen molar-refractivity contribution in [2.24, 2.45) is 5.73 Å². The van der Waals surface area contributed by atoms with Crippen molar-refractivity contribution in [3.63, 3.8) is 0 Å². The van der Waals surface area contributed by atoms with Crippen molar-refractivity contribution in [3.8, 4) is 11.8 Å². The van der Waals surface area contributed by atoms with E-state index in [-0.39, 0.29) is 28.9 Å². The summed E-state index contributed by atoms with van der Waals surface area (Å²) in [4.78, 5) is 31.4. The molecule has 3 aromatic carbocycles. The number of allylic oxidation sites excluding steroid dienone is 1. The third kappa shape index (κ3) is 6.04. The number of carboxylic acids is 2. The van der Waals surface area contributed by atoms with Crippen LogP contribution in [0.2, 0.25) is 0 Å². The quantitative estimate of drug-likeness (QED) is 0.117. The van der Waals surface area contributed by atoms with Crippen LogP contribution in [0.1, 0.15) is 32.9 Å². The number of carboxylic acid groups (broad SMARTS) is 2. The molecule has 0 radical (unpaired) electrons. The average molecular weight is 526 g/mol. The molecular formula is C33H23N3O4. The van der Waals surface area contributed by atoms with Crippen molar-refractivity contribution < 1.29 is 19.8 Å². The molecule has 2 aromatic heterocycles. The van der Waals surface area contributed by atoms with E-state index in [1.807, 2.05) is 24.3 Å². The molecule has 0 bridgehead atoms. The molecule has 5 rings (SSSR count). The van der Waals surface area contributed by atoms with Gasteiger partial charge in [0.25, 0.3) is 0 Å². The van der Waals surface area contributed by atoms with Crippen molar-refractivity contribution in [2.45, 2.75) is 6.42 Å². The van der Waals surface area contributed by atoms with Crippen LogP contribution in [0, 0.1) is 11.8 Å². The number of aromatic carboxylic acids is 1. The topological polar surface area (TPSA) is 126 Å². The van der Waals surface area contributed by atoms with Gasteiger partial charge in [0.15, 0.2) is 0 Å². The summed E-state index contributed by atoms with van der Waals surface area (Å²) in [5, 5.41) is 23.5. The van der Waals surface area contributed by atoms with Crippen molar-refractivity contribution in [3.05, 3.63) is 137 Å². The van der Waals surface area contributed by atoms with Crippen LogP contribution in [0.3, 0.4) is 0 Å². The van der Waals surface area contributed by atoms with Gasteiger partial charge in [-0.25, -0.2) is 9.59 Å². The Morgan fingerprint density at radius 3 is 2.17 bits per heavy atom. The van der Waals surface area contributed by atoms with Crippen molar-refractivity contribution in [1.82, 2.24) is 9.97 Å². The monoisotopic (exact) mass is 525 g/mol. The Kier molecular flexibility index (Phi) is 7.34. The number of nitrogens with zero attached hydrogens (tertiary/aromatic N) is 2. The van der Waals surface area contributed by atoms with Gasteiger partial charge < -0.3 is 15.9 Å². The number of carbonyl (C=O) groups is 2. The Morgan fingerprint density at radius 1 is 0.775 bits per heavy atom. The van der Waals surface area contributed by atoms with Crippen LogP contribution >= 0.6 is 0 Å². The fraction of sp³-hybridized carbons (Fsp3) is 0.0303. The van der Waals surface area contributed by atoms with Crippen LogP contribution in [0.4, 0.5) is 0 Å². The summed E-state index contributed by atoms with van der Waals surface area (Å²) in [5.41, 5.74) is 8.43. The van der Waals surface area contributed by atoms with Gasteiger partial charge in [0.1, 0.15) is 0 Å². The number of nitrogens with two attached hydrogens (primary N) is 1. The molecule has 0 aliphatic rings. The lowest BCUT2D eigenvalue weighted by molar-refractivity contribution is -0.132. The molecule has 0 spiro atoms. The number of hydrogen-bond acceptors (Lipinski definition) is 5. The first-order valence-electron chi connectivity index (χ1n) is 12.4. The minimum atomic E-state index is -1.18. The molecular weight excluding hydrogens is 502 g/mol. The Balaban J connectivity index is 1.35. The van der Waals surface area contributed by atoms with E-state index in [1.54, 1.807) is 12.3 Å². The zero-order chi connectivity index (χ0) is 28.1. The molecule has 194 valence electrons. The third-order valence-corrected chi connectivity index (χ3v) is 6.26. The zero-order valence-electron chi connectivity index (χ0n) is 21.2. The number of hydrogen-bond donors (Lipinski definition) is 3. The average Bonchev–Trinajstić information content (AvgIpc) is 2.97. The fourth-order valence-corrected chi connectivity index (χ4v) is 4.22. The lowest BCUT2D eigenvalue weighted by atomic mass is 10.0. The van der Waals surface area contributed by atoms with Gasteiger partial charge in [0.05, 0.1) is 22.5 Å². The second kappa shape index (κ2) is 11.3. The zero-order valence-corrected chi connectivity index (χ0v) is 21.2. The molecule has 7 heteroatoms. The first kappa shape index (κ1) is 25.9. The summed E-state index contributed by atoms with van der Waals surface area (Å²) in [5.74, 6) is 4.06. The molecule has 0 aliphatic carbocycles. The molecule has 7 nitrogen and oxygen atoms in total. The first-order chi connectivity index (χ1) is 19.4. The summed E-state index contributed by atoms with van der Waals surface area (Å²) in [7, 11) is 0. The van der Waals surface area contributed by atoms with E-state index in [4.69, 9.17) is 10.8 Å². The van der Waals surface area contributed by atoms with Gasteiger partial charge in [-0.1, -0.05) is 48.2 Å². The highest BCUT2D eigenvalue weighted by Crippen LogP contribution is 2.23. The highest BCUT2D eigenvalue weighted by atomic mass is 16.4. The molecule has 0 saturated heterocycles. The van der Waals surface area contributed by atoms with E-state index >= 15 is 0 Å². The standard InChI is InChI=1S/C33H23N3O4/c34-30(31-20-27(33(39)40)12-14-36-31)19-26(32(37)38)9-10-29-16-22(11-13-35-29)6-5-21-7-8-25-17-23-3-1-2-4-24(23)18-28(25)15-21/h1-4,7-9,11-20H,10,34H2,(H,37,38)(H,39,40)/b26-9+,30-19-. The van der Waals surface area contributed by atoms with Gasteiger partial charge in [-0.15, -0.1) is 0 Å². The molecule has 0 aliphatic heterocycles. The smallest absolute Gasteiger partial charge is 0.335 e. The molecule has 0 unspecified atom stereocenters. The van der Waals surface area contributed by atoms with Crippen LogP contribution in [0.25, 0.3) is 27.2 Å². The highest BCUT2D eigenvalue weighted by Gasteiger charge is 2.10. The second-order valence-electron chi connectivity index (χ2n) is 9.05. The third-order valence-electron chi connectivity index (χ3n) is 6.26. The minimum Gasteiger partial charge on any atom is -0.478 e. The molecule has 2 heterocycles. The first-order valence-corrected chi connectivity index (χ1v) is 12.4. The summed E-state index contributed by atoms with van der Waals surface area (Å²) in [6, 6.07) is 24.9. The van der Waals surface area contributed by atoms with Crippen LogP contribution in [0.5, 0.6) is 0 Å². The predicted octanol–water partition coefficient (Wildman–Crippen LogP) is 5.43. The Bertz CT molecular complexity index is 1910. The van der Waals surface area contributed by atoms with Crippen molar-refractivity contribution in [1.29, 1.82) is 0 Å². The van der Waals surface area contributed by atoms with Gasteiger partial charge in [-0.05, 0) is 76.2 Å². The number of benzene rings is 3. The summed E-state index contributed by atoms with van der Waals surface area (Å²) >= 11 is 0. The molecule has 0 fully saturated rings. The van der Waals surface area contributed by atoms with E-state index in [0.29, 0.717) is 5.69 Å². The maximum absolute atomic E-state index is 11.8. The normalized spacial score (nSPS) is 11.7. The number of pyridine rings is 2. The number of aromatic nitrogens is 2. The number of fused-ring (bicyclic) bond motifs is 2. The molecule has 0 atom stereocenters. The van der Waals surface area contributed by atoms with Crippen molar-refractivity contribution in [2.75, 3.05) is 0 Å². The Morgan fingerprint density at radius 2 is 1.45 bits per heavy atom. The molecule has 4 N–H and O–H groups in total. The Hall–Kier alpha value is -5.74. The minimum absolute atomic E-state index is 0.00140. The fourth-order valence-electron chi connectivity index (χ4n) is 4.22. The van der Waals surface area contributed by atoms with Crippen LogP contribution < -0.4 is 5.73 Å². The number of aliphatic carboxylic acids is 1. The van der Waals surface area contributed by atoms with Gasteiger partial charge in [0, 0.05) is 35.6 Å². The van der Waals surface area contributed by atoms with Crippen molar-refractivity contribution >= 4 is 39.2 Å². The van der Waals surface area contributed by atoms with E-state index in [1.165, 1.54) is 41.3 Å². The maximum Gasteiger partial charge on any atom is 0.335 e. The molecule has 40 heavy (non-hydrogen) atoms. The van der Waals surface area contributed by atoms with Gasteiger partial charge in [-0.2, -0.15) is 0 Å². The summed E-state index contributed by atoms with van der Waals surface area (Å²) in [6.07, 6.45) is 5.91. The highest BCUT2D eigenvalue weighted by molar-refractivity contribution is 5.98. The lowest BCUT2D eigenvalue weighted by Gasteiger charge is -2.04. The van der Waals surface area contributed by atoms with E-state index < -0.39 is 11.9 Å². The summed E-state index contributed by atoms with van der Waals surface area (Å²) < 4.78 is 0. The van der Waals surface area contributed by atoms with E-state index in [0.717, 1.165) is 21.9 Å². The number of rotatable bonds is 6. The molecule has 0 saturated carbocycles. The van der Waals surface area contributed by atoms with Crippen LogP contribution in [-0.4, -0.2) is 32.1 Å². The predicted molar refractivity (Wildman–Crippen MR) is 154 cm³/mol. The second-order valence-corrected chi connectivity index (χ2v) is 9.05. The molecule has 0 amide bonds. The maximum atomic E-state index is 11.8. The Labute approximate surface area is 230 Å². The van der Waals surface area contributed by atoms with Gasteiger partial charge in [-0.3, -0.25) is 9.97 Å². The SMILES string of the molecule is N/C(=C\C(=C/Cc1cc(C#Cc2ccc3cc4ccccc4cc3c2)ccn1)C(=O)O)c1cc(C(=O)O)ccn1. The largest absolute Gasteiger partial charge is 0.478 e. The summed E-state index contributed by atoms with van der Waals surface area (Å²) in [6.45, 7) is 0. The van der Waals surface area contributed by atoms with Gasteiger partial charge in [0.2, 0.25) is 0 Å².